The van der Waals surface area contributed by atoms with Crippen LogP contribution in [-0.2, 0) is 4.79 Å². The van der Waals surface area contributed by atoms with Crippen molar-refractivity contribution >= 4 is 55.1 Å². The molecule has 0 saturated carbocycles. The van der Waals surface area contributed by atoms with Crippen LogP contribution in [0.2, 0.25) is 0 Å². The molecule has 1 aliphatic heterocycles. The number of rotatable bonds is 1. The van der Waals surface area contributed by atoms with Crippen molar-refractivity contribution in [2.24, 2.45) is 5.41 Å². The molecule has 1 aliphatic carbocycles. The highest BCUT2D eigenvalue weighted by atomic mass is 79.9. The van der Waals surface area contributed by atoms with Gasteiger partial charge >= 0.3 is 0 Å². The maximum Gasteiger partial charge on any atom is 0.164 e. The molecule has 0 unspecified atom stereocenters. The van der Waals surface area contributed by atoms with Gasteiger partial charge in [0.25, 0.3) is 0 Å². The molecule has 27 heavy (non-hydrogen) atoms. The summed E-state index contributed by atoms with van der Waals surface area (Å²) in [5, 5.41) is 6.10. The van der Waals surface area contributed by atoms with E-state index in [1.165, 1.54) is 15.8 Å². The number of carbonyl (C=O) groups excluding carboxylic acids is 1. The van der Waals surface area contributed by atoms with Crippen LogP contribution in [-0.4, -0.2) is 5.78 Å². The molecule has 3 aromatic rings. The summed E-state index contributed by atoms with van der Waals surface area (Å²) >= 11 is 5.33. The molecule has 0 spiro atoms. The largest absolute Gasteiger partial charge is 0.373 e. The van der Waals surface area contributed by atoms with Gasteiger partial charge in [-0.1, -0.05) is 44.2 Å². The van der Waals surface area contributed by atoms with E-state index in [0.29, 0.717) is 6.42 Å². The van der Waals surface area contributed by atoms with E-state index < -0.39 is 0 Å². The van der Waals surface area contributed by atoms with Gasteiger partial charge in [0.15, 0.2) is 5.78 Å². The minimum absolute atomic E-state index is 0.00751. The van der Waals surface area contributed by atoms with Gasteiger partial charge in [0.2, 0.25) is 0 Å². The van der Waals surface area contributed by atoms with Crippen LogP contribution in [0.3, 0.4) is 0 Å². The molecule has 0 radical (unpaired) electrons. The van der Waals surface area contributed by atoms with Crippen LogP contribution in [0.5, 0.6) is 0 Å². The number of benzene rings is 2. The molecule has 2 aliphatic rings. The van der Waals surface area contributed by atoms with Gasteiger partial charge in [0.05, 0.1) is 9.83 Å². The first-order valence-electron chi connectivity index (χ1n) is 9.23. The lowest BCUT2D eigenvalue weighted by molar-refractivity contribution is -0.116. The van der Waals surface area contributed by atoms with E-state index >= 15 is 0 Å². The number of Topliss-reactive ketones (excluding diaryl/α,β-unsaturated/α-hetero) is 1. The molecule has 0 fully saturated rings. The average molecular weight is 438 g/mol. The SMILES string of the molecule is CC1(C)CC(=O)C2=C(C1)[C@H](c1ccc(Br)s1)Nc1ccc3ccccc3c12. The van der Waals surface area contributed by atoms with Gasteiger partial charge in [0.1, 0.15) is 0 Å². The summed E-state index contributed by atoms with van der Waals surface area (Å²) in [5.74, 6) is 0.279. The number of ketones is 1. The van der Waals surface area contributed by atoms with Crippen LogP contribution in [0.15, 0.2) is 57.9 Å². The smallest absolute Gasteiger partial charge is 0.164 e. The zero-order valence-corrected chi connectivity index (χ0v) is 17.7. The summed E-state index contributed by atoms with van der Waals surface area (Å²) < 4.78 is 1.12. The van der Waals surface area contributed by atoms with Crippen molar-refractivity contribution in [1.82, 2.24) is 0 Å². The Hall–Kier alpha value is -1.91. The number of allylic oxidation sites excluding steroid dienone is 1. The third kappa shape index (κ3) is 2.77. The van der Waals surface area contributed by atoms with E-state index in [9.17, 15) is 4.79 Å². The summed E-state index contributed by atoms with van der Waals surface area (Å²) in [6.07, 6.45) is 1.54. The second-order valence-electron chi connectivity index (χ2n) is 8.27. The van der Waals surface area contributed by atoms with Crippen LogP contribution >= 0.6 is 27.3 Å². The molecule has 1 N–H and O–H groups in total. The Bertz CT molecular complexity index is 1120. The number of anilines is 1. The number of carbonyl (C=O) groups is 1. The zero-order valence-electron chi connectivity index (χ0n) is 15.3. The molecule has 1 atom stereocenters. The van der Waals surface area contributed by atoms with Crippen molar-refractivity contribution in [3.63, 3.8) is 0 Å². The molecule has 5 rings (SSSR count). The maximum atomic E-state index is 13.3. The van der Waals surface area contributed by atoms with Gasteiger partial charge in [-0.05, 0) is 62.3 Å². The Morgan fingerprint density at radius 3 is 2.67 bits per heavy atom. The predicted molar refractivity (Wildman–Crippen MR) is 117 cm³/mol. The van der Waals surface area contributed by atoms with E-state index in [1.54, 1.807) is 11.3 Å². The molecular formula is C23H20BrNOS. The van der Waals surface area contributed by atoms with Crippen molar-refractivity contribution in [3.05, 3.63) is 68.3 Å². The Morgan fingerprint density at radius 1 is 1.07 bits per heavy atom. The summed E-state index contributed by atoms with van der Waals surface area (Å²) in [7, 11) is 0. The first-order valence-corrected chi connectivity index (χ1v) is 10.8. The third-order valence-corrected chi connectivity index (χ3v) is 7.30. The van der Waals surface area contributed by atoms with E-state index in [2.05, 4.69) is 83.6 Å². The van der Waals surface area contributed by atoms with Crippen LogP contribution in [0.4, 0.5) is 5.69 Å². The molecule has 0 bridgehead atoms. The van der Waals surface area contributed by atoms with Crippen LogP contribution in [0.1, 0.15) is 43.2 Å². The quantitative estimate of drug-likeness (QED) is 0.444. The number of halogens is 1. The van der Waals surface area contributed by atoms with E-state index in [0.717, 1.165) is 32.4 Å². The Kier molecular flexibility index (Phi) is 3.85. The van der Waals surface area contributed by atoms with Crippen molar-refractivity contribution < 1.29 is 4.79 Å². The summed E-state index contributed by atoms with van der Waals surface area (Å²) in [5.41, 5.74) is 4.35. The fraction of sp³-hybridized carbons (Fsp3) is 0.261. The fourth-order valence-electron chi connectivity index (χ4n) is 4.55. The van der Waals surface area contributed by atoms with Gasteiger partial charge < -0.3 is 5.32 Å². The molecule has 4 heteroatoms. The van der Waals surface area contributed by atoms with Crippen LogP contribution in [0, 0.1) is 5.41 Å². The fourth-order valence-corrected chi connectivity index (χ4v) is 6.05. The molecular weight excluding hydrogens is 418 g/mol. The van der Waals surface area contributed by atoms with E-state index in [-0.39, 0.29) is 17.2 Å². The standard InChI is InChI=1S/C23H20BrNOS/c1-23(2)11-15-21(17(26)12-23)20-14-6-4-3-5-13(14)7-8-16(20)25-22(15)18-9-10-19(24)27-18/h3-10,22,25H,11-12H2,1-2H3/t22-/m1/s1. The molecule has 0 saturated heterocycles. The maximum absolute atomic E-state index is 13.3. The summed E-state index contributed by atoms with van der Waals surface area (Å²) in [4.78, 5) is 14.6. The van der Waals surface area contributed by atoms with Crippen LogP contribution < -0.4 is 5.32 Å². The summed E-state index contributed by atoms with van der Waals surface area (Å²) in [6, 6.07) is 17.0. The van der Waals surface area contributed by atoms with Crippen molar-refractivity contribution in [2.75, 3.05) is 5.32 Å². The Labute approximate surface area is 171 Å². The van der Waals surface area contributed by atoms with E-state index in [4.69, 9.17) is 0 Å². The highest BCUT2D eigenvalue weighted by Gasteiger charge is 2.40. The van der Waals surface area contributed by atoms with Crippen molar-refractivity contribution in [3.8, 4) is 0 Å². The molecule has 1 aromatic heterocycles. The third-order valence-electron chi connectivity index (χ3n) is 5.61. The number of nitrogens with one attached hydrogen (secondary N) is 1. The molecule has 2 aromatic carbocycles. The second kappa shape index (κ2) is 6.05. The number of hydrogen-bond acceptors (Lipinski definition) is 3. The first-order chi connectivity index (χ1) is 12.9. The predicted octanol–water partition coefficient (Wildman–Crippen LogP) is 6.97. The molecule has 2 nitrogen and oxygen atoms in total. The minimum Gasteiger partial charge on any atom is -0.373 e. The van der Waals surface area contributed by atoms with E-state index in [1.807, 2.05) is 0 Å². The Morgan fingerprint density at radius 2 is 1.89 bits per heavy atom. The van der Waals surface area contributed by atoms with Gasteiger partial charge in [-0.3, -0.25) is 4.79 Å². The molecule has 136 valence electrons. The van der Waals surface area contributed by atoms with Gasteiger partial charge in [-0.2, -0.15) is 0 Å². The number of thiophene rings is 1. The highest BCUT2D eigenvalue weighted by molar-refractivity contribution is 9.11. The molecule has 0 amide bonds. The average Bonchev–Trinajstić information content (AvgIpc) is 3.05. The second-order valence-corrected chi connectivity index (χ2v) is 10.8. The van der Waals surface area contributed by atoms with Crippen molar-refractivity contribution in [2.45, 2.75) is 32.7 Å². The normalized spacial score (nSPS) is 21.0. The van der Waals surface area contributed by atoms with Gasteiger partial charge in [-0.25, -0.2) is 0 Å². The number of fused-ring (bicyclic) bond motifs is 4. The Balaban J connectivity index is 1.81. The lowest BCUT2D eigenvalue weighted by Crippen LogP contribution is -2.32. The summed E-state index contributed by atoms with van der Waals surface area (Å²) in [6.45, 7) is 4.41. The first kappa shape index (κ1) is 17.2. The lowest BCUT2D eigenvalue weighted by Gasteiger charge is -2.40. The highest BCUT2D eigenvalue weighted by Crippen LogP contribution is 2.52. The van der Waals surface area contributed by atoms with Crippen LogP contribution in [0.25, 0.3) is 16.3 Å². The molecule has 2 heterocycles. The number of hydrogen-bond donors (Lipinski definition) is 1. The van der Waals surface area contributed by atoms with Gasteiger partial charge in [0, 0.05) is 28.1 Å². The minimum atomic E-state index is -0.00751. The topological polar surface area (TPSA) is 29.1 Å². The van der Waals surface area contributed by atoms with Crippen molar-refractivity contribution in [1.29, 1.82) is 0 Å². The monoisotopic (exact) mass is 437 g/mol. The van der Waals surface area contributed by atoms with Gasteiger partial charge in [-0.15, -0.1) is 11.3 Å². The zero-order chi connectivity index (χ0) is 18.8. The lowest BCUT2D eigenvalue weighted by atomic mass is 9.68.